The van der Waals surface area contributed by atoms with Gasteiger partial charge in [-0.2, -0.15) is 0 Å². The van der Waals surface area contributed by atoms with E-state index >= 15 is 0 Å². The molecule has 3 aromatic carbocycles. The van der Waals surface area contributed by atoms with Crippen LogP contribution in [0.15, 0.2) is 75.2 Å². The van der Waals surface area contributed by atoms with Gasteiger partial charge in [-0.15, -0.1) is 0 Å². The average Bonchev–Trinajstić information content (AvgIpc) is 3.04. The minimum Gasteiger partial charge on any atom is -0.297 e. The number of benzene rings is 3. The average molecular weight is 544 g/mol. The van der Waals surface area contributed by atoms with Crippen LogP contribution in [-0.4, -0.2) is 20.8 Å². The molecule has 0 aliphatic rings. The van der Waals surface area contributed by atoms with Crippen molar-refractivity contribution in [2.45, 2.75) is 9.79 Å². The molecule has 2 N–H and O–H groups in total. The predicted octanol–water partition coefficient (Wildman–Crippen LogP) is 4.51. The normalized spacial score (nSPS) is 12.1. The standard InChI is InChI=1S/C20H15Cl2N3O5S3/c1-25-19-9-7-12(10-14(19)20(26)31-25)32(27,28)23-17-4-2-3-5-18(17)24-33(29,30)13-6-8-15(21)16(22)11-13/h2-11,23-24H,1H3. The first kappa shape index (κ1) is 23.6. The minimum absolute atomic E-state index is 0.000303. The second-order valence-corrected chi connectivity index (χ2v) is 12.2. The van der Waals surface area contributed by atoms with E-state index in [2.05, 4.69) is 9.44 Å². The molecule has 33 heavy (non-hydrogen) atoms. The first-order chi connectivity index (χ1) is 15.5. The number of para-hydroxylation sites is 2. The van der Waals surface area contributed by atoms with Gasteiger partial charge in [-0.05, 0) is 60.1 Å². The third-order valence-corrected chi connectivity index (χ3v) is 9.00. The molecule has 4 aromatic rings. The van der Waals surface area contributed by atoms with Crippen molar-refractivity contribution in [1.82, 2.24) is 3.96 Å². The summed E-state index contributed by atoms with van der Waals surface area (Å²) in [5, 5.41) is 0.531. The lowest BCUT2D eigenvalue weighted by Gasteiger charge is -2.15. The van der Waals surface area contributed by atoms with Gasteiger partial charge in [-0.25, -0.2) is 16.8 Å². The first-order valence-electron chi connectivity index (χ1n) is 9.18. The van der Waals surface area contributed by atoms with Crippen LogP contribution in [0.1, 0.15) is 0 Å². The smallest absolute Gasteiger partial charge is 0.262 e. The molecular weight excluding hydrogens is 529 g/mol. The molecule has 0 amide bonds. The van der Waals surface area contributed by atoms with E-state index in [4.69, 9.17) is 23.2 Å². The van der Waals surface area contributed by atoms with Crippen molar-refractivity contribution >= 4 is 77.1 Å². The number of sulfonamides is 2. The van der Waals surface area contributed by atoms with Crippen molar-refractivity contribution in [2.75, 3.05) is 9.44 Å². The molecule has 0 radical (unpaired) electrons. The molecule has 1 heterocycles. The van der Waals surface area contributed by atoms with Crippen LogP contribution in [0.3, 0.4) is 0 Å². The second kappa shape index (κ2) is 8.65. The summed E-state index contributed by atoms with van der Waals surface area (Å²) in [6, 6.07) is 13.9. The largest absolute Gasteiger partial charge is 0.297 e. The Balaban J connectivity index is 1.68. The quantitative estimate of drug-likeness (QED) is 0.371. The second-order valence-electron chi connectivity index (χ2n) is 6.89. The Morgan fingerprint density at radius 1 is 0.788 bits per heavy atom. The fourth-order valence-electron chi connectivity index (χ4n) is 3.06. The number of aryl methyl sites for hydroxylation is 1. The van der Waals surface area contributed by atoms with Gasteiger partial charge in [0.05, 0.1) is 42.1 Å². The van der Waals surface area contributed by atoms with Crippen LogP contribution < -0.4 is 14.2 Å². The number of nitrogens with zero attached hydrogens (tertiary/aromatic N) is 1. The summed E-state index contributed by atoms with van der Waals surface area (Å²) in [4.78, 5) is 11.8. The monoisotopic (exact) mass is 543 g/mol. The molecule has 0 bridgehead atoms. The fraction of sp³-hybridized carbons (Fsp3) is 0.0500. The van der Waals surface area contributed by atoms with Crippen LogP contribution in [0.25, 0.3) is 10.9 Å². The lowest BCUT2D eigenvalue weighted by molar-refractivity contribution is 0.599. The summed E-state index contributed by atoms with van der Waals surface area (Å²) in [5.41, 5.74) is 0.609. The minimum atomic E-state index is -4.13. The van der Waals surface area contributed by atoms with Gasteiger partial charge in [0.25, 0.3) is 24.8 Å². The van der Waals surface area contributed by atoms with E-state index in [9.17, 15) is 21.6 Å². The third-order valence-electron chi connectivity index (χ3n) is 4.67. The van der Waals surface area contributed by atoms with Gasteiger partial charge in [0.15, 0.2) is 0 Å². The van der Waals surface area contributed by atoms with Crippen LogP contribution in [0.5, 0.6) is 0 Å². The fourth-order valence-corrected chi connectivity index (χ4v) is 6.40. The van der Waals surface area contributed by atoms with Crippen molar-refractivity contribution < 1.29 is 16.8 Å². The lowest BCUT2D eigenvalue weighted by Crippen LogP contribution is -2.17. The molecule has 0 fully saturated rings. The highest BCUT2D eigenvalue weighted by Crippen LogP contribution is 2.30. The van der Waals surface area contributed by atoms with E-state index in [1.54, 1.807) is 29.2 Å². The van der Waals surface area contributed by atoms with E-state index in [0.717, 1.165) is 11.5 Å². The third kappa shape index (κ3) is 4.73. The highest BCUT2D eigenvalue weighted by molar-refractivity contribution is 7.93. The van der Waals surface area contributed by atoms with Crippen molar-refractivity contribution in [3.63, 3.8) is 0 Å². The number of fused-ring (bicyclic) bond motifs is 1. The van der Waals surface area contributed by atoms with E-state index in [0.29, 0.717) is 5.52 Å². The number of nitrogens with one attached hydrogen (secondary N) is 2. The zero-order chi connectivity index (χ0) is 24.0. The Hall–Kier alpha value is -2.57. The van der Waals surface area contributed by atoms with E-state index in [1.165, 1.54) is 42.5 Å². The summed E-state index contributed by atoms with van der Waals surface area (Å²) in [6.45, 7) is 0. The van der Waals surface area contributed by atoms with E-state index < -0.39 is 20.0 Å². The molecule has 0 unspecified atom stereocenters. The Morgan fingerprint density at radius 2 is 1.33 bits per heavy atom. The van der Waals surface area contributed by atoms with Crippen molar-refractivity contribution in [1.29, 1.82) is 0 Å². The lowest BCUT2D eigenvalue weighted by atomic mass is 10.2. The molecular formula is C20H15Cl2N3O5S3. The Morgan fingerprint density at radius 3 is 1.91 bits per heavy atom. The summed E-state index contributed by atoms with van der Waals surface area (Å²) >= 11 is 12.7. The molecule has 0 spiro atoms. The Bertz CT molecular complexity index is 1660. The van der Waals surface area contributed by atoms with Crippen LogP contribution in [0.4, 0.5) is 11.4 Å². The summed E-state index contributed by atoms with van der Waals surface area (Å²) in [7, 11) is -6.53. The van der Waals surface area contributed by atoms with Gasteiger partial charge in [0.1, 0.15) is 0 Å². The molecule has 0 saturated heterocycles. The Kier molecular flexibility index (Phi) is 6.18. The molecule has 8 nitrogen and oxygen atoms in total. The molecule has 0 saturated carbocycles. The number of halogens is 2. The first-order valence-corrected chi connectivity index (χ1v) is 13.7. The molecule has 1 aromatic heterocycles. The molecule has 13 heteroatoms. The molecule has 0 aliphatic carbocycles. The summed E-state index contributed by atoms with van der Waals surface area (Å²) in [6.07, 6.45) is 0. The topological polar surface area (TPSA) is 114 Å². The van der Waals surface area contributed by atoms with Gasteiger partial charge in [-0.1, -0.05) is 35.3 Å². The maximum atomic E-state index is 13.0. The van der Waals surface area contributed by atoms with Crippen LogP contribution in [0.2, 0.25) is 10.0 Å². The number of aromatic nitrogens is 1. The number of hydrogen-bond acceptors (Lipinski definition) is 6. The van der Waals surface area contributed by atoms with Gasteiger partial charge >= 0.3 is 0 Å². The predicted molar refractivity (Wildman–Crippen MR) is 132 cm³/mol. The van der Waals surface area contributed by atoms with E-state index in [-0.39, 0.29) is 41.3 Å². The summed E-state index contributed by atoms with van der Waals surface area (Å²) in [5.74, 6) is 0. The maximum absolute atomic E-state index is 13.0. The van der Waals surface area contributed by atoms with Crippen molar-refractivity contribution in [3.05, 3.63) is 80.2 Å². The highest BCUT2D eigenvalue weighted by atomic mass is 35.5. The van der Waals surface area contributed by atoms with Crippen molar-refractivity contribution in [2.24, 2.45) is 7.05 Å². The molecule has 0 atom stereocenters. The Labute approximate surface area is 203 Å². The summed E-state index contributed by atoms with van der Waals surface area (Å²) < 4.78 is 57.8. The molecule has 0 aliphatic heterocycles. The SMILES string of the molecule is Cn1sc(=O)c2cc(S(=O)(=O)Nc3ccccc3NS(=O)(=O)c3ccc(Cl)c(Cl)c3)ccc21. The van der Waals surface area contributed by atoms with Crippen LogP contribution in [0, 0.1) is 0 Å². The molecule has 172 valence electrons. The maximum Gasteiger partial charge on any atom is 0.262 e. The van der Waals surface area contributed by atoms with Crippen molar-refractivity contribution in [3.8, 4) is 0 Å². The van der Waals surface area contributed by atoms with Crippen LogP contribution in [-0.2, 0) is 27.1 Å². The highest BCUT2D eigenvalue weighted by Gasteiger charge is 2.21. The van der Waals surface area contributed by atoms with Gasteiger partial charge < -0.3 is 0 Å². The van der Waals surface area contributed by atoms with Crippen LogP contribution >= 0.6 is 34.7 Å². The zero-order valence-electron chi connectivity index (χ0n) is 16.7. The number of anilines is 2. The van der Waals surface area contributed by atoms with Gasteiger partial charge in [0, 0.05) is 7.05 Å². The van der Waals surface area contributed by atoms with E-state index in [1.807, 2.05) is 0 Å². The van der Waals surface area contributed by atoms with Gasteiger partial charge in [-0.3, -0.25) is 18.2 Å². The molecule has 4 rings (SSSR count). The number of hydrogen-bond donors (Lipinski definition) is 2. The number of rotatable bonds is 6. The zero-order valence-corrected chi connectivity index (χ0v) is 20.7. The van der Waals surface area contributed by atoms with Gasteiger partial charge in [0.2, 0.25) is 0 Å².